The maximum atomic E-state index is 12.7. The van der Waals surface area contributed by atoms with Crippen LogP contribution in [0, 0.1) is 0 Å². The number of hydrogen-bond acceptors (Lipinski definition) is 4. The summed E-state index contributed by atoms with van der Waals surface area (Å²) in [6.45, 7) is 5.33. The van der Waals surface area contributed by atoms with Crippen molar-refractivity contribution in [3.05, 3.63) is 54.0 Å². The van der Waals surface area contributed by atoms with Gasteiger partial charge < -0.3 is 9.32 Å². The Balaban J connectivity index is 2.26. The van der Waals surface area contributed by atoms with Crippen LogP contribution in [-0.4, -0.2) is 32.3 Å². The smallest absolute Gasteiger partial charge is 0.254 e. The van der Waals surface area contributed by atoms with Crippen LogP contribution in [0.15, 0.2) is 52.0 Å². The SMILES string of the molecule is CC(C)NS(=O)(=O)c1cccc(C(=O)N(C)C(C)c2ccco2)c1. The van der Waals surface area contributed by atoms with Crippen molar-refractivity contribution in [1.82, 2.24) is 9.62 Å². The monoisotopic (exact) mass is 350 g/mol. The molecule has 7 heteroatoms. The summed E-state index contributed by atoms with van der Waals surface area (Å²) in [6, 6.07) is 9.08. The fourth-order valence-electron chi connectivity index (χ4n) is 2.27. The lowest BCUT2D eigenvalue weighted by Gasteiger charge is -2.23. The first-order chi connectivity index (χ1) is 11.2. The van der Waals surface area contributed by atoms with Crippen LogP contribution >= 0.6 is 0 Å². The number of nitrogens with zero attached hydrogens (tertiary/aromatic N) is 1. The highest BCUT2D eigenvalue weighted by Crippen LogP contribution is 2.22. The largest absolute Gasteiger partial charge is 0.467 e. The minimum Gasteiger partial charge on any atom is -0.467 e. The molecule has 0 aliphatic carbocycles. The molecule has 2 rings (SSSR count). The van der Waals surface area contributed by atoms with Crippen LogP contribution in [-0.2, 0) is 10.0 Å². The zero-order chi connectivity index (χ0) is 17.9. The van der Waals surface area contributed by atoms with Crippen molar-refractivity contribution in [1.29, 1.82) is 0 Å². The van der Waals surface area contributed by atoms with Crippen LogP contribution in [0.25, 0.3) is 0 Å². The van der Waals surface area contributed by atoms with Crippen LogP contribution in [0.2, 0.25) is 0 Å². The number of benzene rings is 1. The fraction of sp³-hybridized carbons (Fsp3) is 0.353. The normalized spacial score (nSPS) is 13.0. The van der Waals surface area contributed by atoms with E-state index in [0.29, 0.717) is 11.3 Å². The van der Waals surface area contributed by atoms with Gasteiger partial charge in [-0.25, -0.2) is 13.1 Å². The Labute approximate surface area is 142 Å². The standard InChI is InChI=1S/C17H22N2O4S/c1-12(2)18-24(21,22)15-8-5-7-14(11-15)17(20)19(4)13(3)16-9-6-10-23-16/h5-13,18H,1-4H3. The molecule has 0 spiro atoms. The van der Waals surface area contributed by atoms with Gasteiger partial charge in [0.25, 0.3) is 5.91 Å². The van der Waals surface area contributed by atoms with E-state index in [1.165, 1.54) is 17.0 Å². The summed E-state index contributed by atoms with van der Waals surface area (Å²) in [5, 5.41) is 0. The third-order valence-corrected chi connectivity index (χ3v) is 5.29. The molecule has 1 heterocycles. The summed E-state index contributed by atoms with van der Waals surface area (Å²) in [7, 11) is -1.99. The zero-order valence-electron chi connectivity index (χ0n) is 14.2. The zero-order valence-corrected chi connectivity index (χ0v) is 15.0. The van der Waals surface area contributed by atoms with Gasteiger partial charge >= 0.3 is 0 Å². The number of hydrogen-bond donors (Lipinski definition) is 1. The highest BCUT2D eigenvalue weighted by molar-refractivity contribution is 7.89. The van der Waals surface area contributed by atoms with Gasteiger partial charge in [-0.2, -0.15) is 0 Å². The summed E-state index contributed by atoms with van der Waals surface area (Å²) in [5.74, 6) is 0.386. The average molecular weight is 350 g/mol. The Kier molecular flexibility index (Phi) is 5.46. The summed E-state index contributed by atoms with van der Waals surface area (Å²) in [5.41, 5.74) is 0.308. The van der Waals surface area contributed by atoms with Gasteiger partial charge in [0.05, 0.1) is 17.2 Å². The first-order valence-corrected chi connectivity index (χ1v) is 9.13. The van der Waals surface area contributed by atoms with Crippen molar-refractivity contribution < 1.29 is 17.6 Å². The lowest BCUT2D eigenvalue weighted by molar-refractivity contribution is 0.0726. The van der Waals surface area contributed by atoms with E-state index in [0.717, 1.165) is 0 Å². The molecule has 130 valence electrons. The minimum absolute atomic E-state index is 0.0705. The van der Waals surface area contributed by atoms with E-state index in [9.17, 15) is 13.2 Å². The predicted octanol–water partition coefficient (Wildman–Crippen LogP) is 2.80. The Hall–Kier alpha value is -2.12. The molecule has 2 aromatic rings. The van der Waals surface area contributed by atoms with E-state index in [1.807, 2.05) is 6.92 Å². The van der Waals surface area contributed by atoms with E-state index in [4.69, 9.17) is 4.42 Å². The molecule has 6 nitrogen and oxygen atoms in total. The summed E-state index contributed by atoms with van der Waals surface area (Å²) >= 11 is 0. The molecule has 0 saturated heterocycles. The van der Waals surface area contributed by atoms with Crippen molar-refractivity contribution in [2.75, 3.05) is 7.05 Å². The number of carbonyl (C=O) groups is 1. The third kappa shape index (κ3) is 4.04. The highest BCUT2D eigenvalue weighted by atomic mass is 32.2. The first kappa shape index (κ1) is 18.2. The molecule has 24 heavy (non-hydrogen) atoms. The van der Waals surface area contributed by atoms with Gasteiger partial charge in [0.1, 0.15) is 5.76 Å². The molecule has 0 radical (unpaired) electrons. The predicted molar refractivity (Wildman–Crippen MR) is 91.1 cm³/mol. The Bertz CT molecular complexity index is 798. The van der Waals surface area contributed by atoms with Crippen molar-refractivity contribution in [3.63, 3.8) is 0 Å². The number of rotatable bonds is 6. The van der Waals surface area contributed by atoms with Crippen molar-refractivity contribution in [2.24, 2.45) is 0 Å². The second-order valence-electron chi connectivity index (χ2n) is 5.91. The van der Waals surface area contributed by atoms with Crippen molar-refractivity contribution in [3.8, 4) is 0 Å². The maximum Gasteiger partial charge on any atom is 0.254 e. The number of sulfonamides is 1. The molecule has 1 aromatic heterocycles. The molecule has 1 N–H and O–H groups in total. The molecular weight excluding hydrogens is 328 g/mol. The minimum atomic E-state index is -3.64. The summed E-state index contributed by atoms with van der Waals surface area (Å²) in [6.07, 6.45) is 1.55. The second kappa shape index (κ2) is 7.19. The number of amides is 1. The topological polar surface area (TPSA) is 79.6 Å². The van der Waals surface area contributed by atoms with Gasteiger partial charge in [0.2, 0.25) is 10.0 Å². The molecule has 0 aliphatic heterocycles. The molecule has 1 atom stereocenters. The Morgan fingerprint density at radius 3 is 2.46 bits per heavy atom. The van der Waals surface area contributed by atoms with E-state index in [1.54, 1.807) is 51.4 Å². The van der Waals surface area contributed by atoms with Crippen molar-refractivity contribution >= 4 is 15.9 Å². The Morgan fingerprint density at radius 2 is 1.88 bits per heavy atom. The third-order valence-electron chi connectivity index (χ3n) is 3.64. The Morgan fingerprint density at radius 1 is 1.17 bits per heavy atom. The summed E-state index contributed by atoms with van der Waals surface area (Å²) in [4.78, 5) is 14.2. The molecule has 0 aliphatic rings. The van der Waals surface area contributed by atoms with E-state index >= 15 is 0 Å². The van der Waals surface area contributed by atoms with E-state index < -0.39 is 10.0 Å². The van der Waals surface area contributed by atoms with Gasteiger partial charge in [-0.1, -0.05) is 6.07 Å². The van der Waals surface area contributed by atoms with Crippen LogP contribution in [0.3, 0.4) is 0 Å². The van der Waals surface area contributed by atoms with Gasteiger partial charge in [0, 0.05) is 18.7 Å². The van der Waals surface area contributed by atoms with Crippen LogP contribution < -0.4 is 4.72 Å². The molecule has 1 aromatic carbocycles. The maximum absolute atomic E-state index is 12.7. The lowest BCUT2D eigenvalue weighted by Crippen LogP contribution is -2.31. The molecular formula is C17H22N2O4S. The second-order valence-corrected chi connectivity index (χ2v) is 7.63. The molecule has 0 bridgehead atoms. The van der Waals surface area contributed by atoms with Crippen LogP contribution in [0.4, 0.5) is 0 Å². The van der Waals surface area contributed by atoms with E-state index in [-0.39, 0.29) is 22.9 Å². The molecule has 0 fully saturated rings. The number of nitrogens with one attached hydrogen (secondary N) is 1. The van der Waals surface area contributed by atoms with Crippen LogP contribution in [0.5, 0.6) is 0 Å². The van der Waals surface area contributed by atoms with Gasteiger partial charge in [0.15, 0.2) is 0 Å². The van der Waals surface area contributed by atoms with E-state index in [2.05, 4.69) is 4.72 Å². The van der Waals surface area contributed by atoms with Gasteiger partial charge in [-0.3, -0.25) is 4.79 Å². The van der Waals surface area contributed by atoms with Crippen molar-refractivity contribution in [2.45, 2.75) is 37.8 Å². The summed E-state index contributed by atoms with van der Waals surface area (Å²) < 4.78 is 32.3. The first-order valence-electron chi connectivity index (χ1n) is 7.65. The molecule has 0 saturated carbocycles. The quantitative estimate of drug-likeness (QED) is 0.869. The number of carbonyl (C=O) groups excluding carboxylic acids is 1. The average Bonchev–Trinajstić information content (AvgIpc) is 3.06. The lowest BCUT2D eigenvalue weighted by atomic mass is 10.1. The number of furan rings is 1. The van der Waals surface area contributed by atoms with Crippen LogP contribution in [0.1, 0.15) is 42.9 Å². The molecule has 1 unspecified atom stereocenters. The highest BCUT2D eigenvalue weighted by Gasteiger charge is 2.23. The van der Waals surface area contributed by atoms with Gasteiger partial charge in [-0.05, 0) is 51.1 Å². The fourth-order valence-corrected chi connectivity index (χ4v) is 3.57. The van der Waals surface area contributed by atoms with Gasteiger partial charge in [-0.15, -0.1) is 0 Å². The molecule has 1 amide bonds.